The lowest BCUT2D eigenvalue weighted by Gasteiger charge is -2.16. The van der Waals surface area contributed by atoms with Gasteiger partial charge in [-0.1, -0.05) is 27.7 Å². The highest BCUT2D eigenvalue weighted by molar-refractivity contribution is 5.47. The summed E-state index contributed by atoms with van der Waals surface area (Å²) in [5, 5.41) is 0. The number of hydrogen-bond donors (Lipinski definition) is 0. The molecule has 0 fully saturated rings. The Morgan fingerprint density at radius 2 is 1.26 bits per heavy atom. The zero-order valence-corrected chi connectivity index (χ0v) is 14.0. The second kappa shape index (κ2) is 11.8. The zero-order chi connectivity index (χ0) is 15.4. The van der Waals surface area contributed by atoms with E-state index in [2.05, 4.69) is 0 Å². The van der Waals surface area contributed by atoms with Crippen LogP contribution in [0.5, 0.6) is 11.5 Å². The first kappa shape index (κ1) is 20.1. The van der Waals surface area contributed by atoms with Gasteiger partial charge in [0.25, 0.3) is 0 Å². The molecule has 0 saturated carbocycles. The normalized spacial score (nSPS) is 10.4. The van der Waals surface area contributed by atoms with E-state index < -0.39 is 0 Å². The molecule has 0 spiro atoms. The predicted molar refractivity (Wildman–Crippen MR) is 82.4 cm³/mol. The molecule has 3 nitrogen and oxygen atoms in total. The summed E-state index contributed by atoms with van der Waals surface area (Å²) in [4.78, 5) is 0. The fraction of sp³-hybridized carbons (Fsp3) is 0.625. The van der Waals surface area contributed by atoms with E-state index >= 15 is 0 Å². The number of benzene rings is 1. The highest BCUT2D eigenvalue weighted by Gasteiger charge is 2.12. The van der Waals surface area contributed by atoms with Gasteiger partial charge in [-0.2, -0.15) is 0 Å². The van der Waals surface area contributed by atoms with E-state index in [9.17, 15) is 0 Å². The molecule has 3 heteroatoms. The minimum absolute atomic E-state index is 0.0600. The van der Waals surface area contributed by atoms with Crippen LogP contribution in [0.1, 0.15) is 51.8 Å². The Bertz CT molecular complexity index is 335. The average molecular weight is 270 g/mol. The second-order valence-electron chi connectivity index (χ2n) is 3.44. The van der Waals surface area contributed by atoms with Crippen LogP contribution in [-0.2, 0) is 4.74 Å². The molecule has 0 saturated heterocycles. The van der Waals surface area contributed by atoms with Crippen molar-refractivity contribution in [1.82, 2.24) is 0 Å². The van der Waals surface area contributed by atoms with E-state index in [1.165, 1.54) is 0 Å². The van der Waals surface area contributed by atoms with E-state index in [4.69, 9.17) is 14.2 Å². The van der Waals surface area contributed by atoms with Crippen molar-refractivity contribution in [2.45, 2.75) is 47.6 Å². The Morgan fingerprint density at radius 1 is 0.842 bits per heavy atom. The maximum atomic E-state index is 5.29. The minimum Gasteiger partial charge on any atom is -0.493 e. The quantitative estimate of drug-likeness (QED) is 0.788. The molecule has 0 aliphatic carbocycles. The largest absolute Gasteiger partial charge is 0.493 e. The highest BCUT2D eigenvalue weighted by Crippen LogP contribution is 2.33. The first-order valence-electron chi connectivity index (χ1n) is 6.89. The third kappa shape index (κ3) is 5.97. The molecule has 0 aromatic heterocycles. The van der Waals surface area contributed by atoms with Crippen molar-refractivity contribution in [2.24, 2.45) is 0 Å². The molecule has 0 bridgehead atoms. The summed E-state index contributed by atoms with van der Waals surface area (Å²) >= 11 is 0. The Labute approximate surface area is 118 Å². The fourth-order valence-electron chi connectivity index (χ4n) is 1.56. The molecule has 0 amide bonds. The van der Waals surface area contributed by atoms with Crippen LogP contribution in [0.15, 0.2) is 12.1 Å². The highest BCUT2D eigenvalue weighted by atomic mass is 16.5. The fourth-order valence-corrected chi connectivity index (χ4v) is 1.56. The Hall–Kier alpha value is -1.22. The van der Waals surface area contributed by atoms with Gasteiger partial charge in [0, 0.05) is 7.11 Å². The SMILES string of the molecule is CC.CC.COc1cc(C)c(C(C)OC)cc1OC. The van der Waals surface area contributed by atoms with Crippen molar-refractivity contribution < 1.29 is 14.2 Å². The molecule has 0 aliphatic heterocycles. The van der Waals surface area contributed by atoms with Gasteiger partial charge in [0.1, 0.15) is 0 Å². The van der Waals surface area contributed by atoms with E-state index in [-0.39, 0.29) is 6.10 Å². The van der Waals surface area contributed by atoms with Gasteiger partial charge < -0.3 is 14.2 Å². The van der Waals surface area contributed by atoms with Crippen LogP contribution < -0.4 is 9.47 Å². The van der Waals surface area contributed by atoms with Crippen LogP contribution in [-0.4, -0.2) is 21.3 Å². The van der Waals surface area contributed by atoms with Crippen LogP contribution in [0.3, 0.4) is 0 Å². The van der Waals surface area contributed by atoms with Crippen molar-refractivity contribution in [3.63, 3.8) is 0 Å². The number of rotatable bonds is 4. The molecule has 1 aromatic carbocycles. The Balaban J connectivity index is 0. The molecule has 1 unspecified atom stereocenters. The van der Waals surface area contributed by atoms with Gasteiger partial charge in [-0.05, 0) is 37.1 Å². The van der Waals surface area contributed by atoms with Gasteiger partial charge >= 0.3 is 0 Å². The summed E-state index contributed by atoms with van der Waals surface area (Å²) in [5.74, 6) is 1.49. The van der Waals surface area contributed by atoms with Crippen molar-refractivity contribution in [3.05, 3.63) is 23.3 Å². The molecule has 112 valence electrons. The van der Waals surface area contributed by atoms with Crippen molar-refractivity contribution in [2.75, 3.05) is 21.3 Å². The molecule has 1 atom stereocenters. The Kier molecular flexibility index (Phi) is 12.5. The van der Waals surface area contributed by atoms with Crippen LogP contribution in [0, 0.1) is 6.92 Å². The van der Waals surface area contributed by atoms with Gasteiger partial charge in [-0.3, -0.25) is 0 Å². The summed E-state index contributed by atoms with van der Waals surface area (Å²) in [6.45, 7) is 12.0. The average Bonchev–Trinajstić information content (AvgIpc) is 2.50. The molecule has 0 N–H and O–H groups in total. The molecule has 0 aliphatic rings. The van der Waals surface area contributed by atoms with Crippen molar-refractivity contribution >= 4 is 0 Å². The van der Waals surface area contributed by atoms with E-state index in [1.54, 1.807) is 21.3 Å². The molecule has 0 heterocycles. The molecule has 19 heavy (non-hydrogen) atoms. The number of hydrogen-bond acceptors (Lipinski definition) is 3. The van der Waals surface area contributed by atoms with Crippen molar-refractivity contribution in [1.29, 1.82) is 0 Å². The minimum atomic E-state index is 0.0600. The molecular formula is C16H30O3. The van der Waals surface area contributed by atoms with E-state index in [0.29, 0.717) is 0 Å². The summed E-state index contributed by atoms with van der Waals surface area (Å²) in [7, 11) is 4.96. The first-order valence-corrected chi connectivity index (χ1v) is 6.89. The summed E-state index contributed by atoms with van der Waals surface area (Å²) in [6, 6.07) is 3.92. The van der Waals surface area contributed by atoms with Crippen molar-refractivity contribution in [3.8, 4) is 11.5 Å². The monoisotopic (exact) mass is 270 g/mol. The topological polar surface area (TPSA) is 27.7 Å². The summed E-state index contributed by atoms with van der Waals surface area (Å²) in [5.41, 5.74) is 2.26. The lowest BCUT2D eigenvalue weighted by molar-refractivity contribution is 0.118. The Morgan fingerprint density at radius 3 is 1.63 bits per heavy atom. The number of methoxy groups -OCH3 is 3. The lowest BCUT2D eigenvalue weighted by Crippen LogP contribution is -2.01. The van der Waals surface area contributed by atoms with Crippen LogP contribution in [0.2, 0.25) is 0 Å². The third-order valence-electron chi connectivity index (χ3n) is 2.56. The van der Waals surface area contributed by atoms with Crippen LogP contribution in [0.25, 0.3) is 0 Å². The zero-order valence-electron chi connectivity index (χ0n) is 14.0. The third-order valence-corrected chi connectivity index (χ3v) is 2.56. The van der Waals surface area contributed by atoms with E-state index in [1.807, 2.05) is 53.7 Å². The molecule has 1 rings (SSSR count). The lowest BCUT2D eigenvalue weighted by atomic mass is 10.0. The molecule has 0 radical (unpaired) electrons. The van der Waals surface area contributed by atoms with Gasteiger partial charge in [0.05, 0.1) is 20.3 Å². The maximum Gasteiger partial charge on any atom is 0.161 e. The standard InChI is InChI=1S/C12H18O3.2C2H6/c1-8-6-11(14-4)12(15-5)7-10(8)9(2)13-3;2*1-2/h6-7,9H,1-5H3;2*1-2H3. The first-order chi connectivity index (χ1) is 9.13. The molecule has 1 aromatic rings. The molecular weight excluding hydrogens is 240 g/mol. The number of aryl methyl sites for hydroxylation is 1. The summed E-state index contributed by atoms with van der Waals surface area (Å²) in [6.07, 6.45) is 0.0600. The van der Waals surface area contributed by atoms with Crippen LogP contribution >= 0.6 is 0 Å². The summed E-state index contributed by atoms with van der Waals surface area (Å²) < 4.78 is 15.8. The van der Waals surface area contributed by atoms with Gasteiger partial charge in [0.15, 0.2) is 11.5 Å². The van der Waals surface area contributed by atoms with Crippen LogP contribution in [0.4, 0.5) is 0 Å². The van der Waals surface area contributed by atoms with Gasteiger partial charge in [0.2, 0.25) is 0 Å². The predicted octanol–water partition coefficient (Wildman–Crippen LogP) is 4.77. The van der Waals surface area contributed by atoms with E-state index in [0.717, 1.165) is 22.6 Å². The second-order valence-corrected chi connectivity index (χ2v) is 3.44. The smallest absolute Gasteiger partial charge is 0.161 e. The van der Waals surface area contributed by atoms with Gasteiger partial charge in [-0.25, -0.2) is 0 Å². The number of ether oxygens (including phenoxy) is 3. The van der Waals surface area contributed by atoms with Gasteiger partial charge in [-0.15, -0.1) is 0 Å². The maximum absolute atomic E-state index is 5.29.